The summed E-state index contributed by atoms with van der Waals surface area (Å²) in [6.45, 7) is 4.00. The standard InChI is InChI=1S/C25H27N5O4.C23H25N5O4/c1-29-13-12-25(34,24(29)33)11-10-15-4-2-5-17(14-15)30-19-7-3-6-18(27-23(32)16-8-9-16)20(19)21(28-30)22(26)31;1-27-10-8-23(31,22(27)30)7-5-15-3-2-4-16(11-15)24-21(29)20-18-12-28(17-13-32-14-17)9-6-19(18)25-26-20/h2,4-5,14,16,18,34H,3,6-9,12-13H2,1H3,(H2,26,31)(H,27,32);2-4,11,17,31H,6,8-10,12-14H2,1H3,(H,24,29)(H,25,26)/t18-,25+;23-/m10/s1. The average Bonchev–Trinajstić information content (AvgIpc) is 3.76. The number of likely N-dealkylation sites (N-methyl/N-ethyl adjacent to an activating group) is 2. The zero-order valence-electron chi connectivity index (χ0n) is 36.9. The van der Waals surface area contributed by atoms with E-state index in [1.807, 2.05) is 6.07 Å². The molecule has 4 aliphatic heterocycles. The molecule has 7 N–H and O–H groups in total. The Labute approximate surface area is 381 Å². The fraction of sp³-hybridized carbons (Fsp3) is 0.438. The van der Waals surface area contributed by atoms with Gasteiger partial charge in [0.2, 0.25) is 17.1 Å². The Bertz CT molecular complexity index is 2750. The molecule has 6 heterocycles. The summed E-state index contributed by atoms with van der Waals surface area (Å²) in [4.78, 5) is 67.2. The Morgan fingerprint density at radius 1 is 0.879 bits per heavy atom. The molecule has 2 aromatic carbocycles. The maximum atomic E-state index is 13.0. The Morgan fingerprint density at radius 3 is 2.15 bits per heavy atom. The quantitative estimate of drug-likeness (QED) is 0.144. The fourth-order valence-electron chi connectivity index (χ4n) is 8.99. The van der Waals surface area contributed by atoms with E-state index < -0.39 is 23.0 Å². The summed E-state index contributed by atoms with van der Waals surface area (Å²) in [5.41, 5.74) is 8.83. The molecule has 18 heteroatoms. The molecule has 5 amide bonds. The molecular weight excluding hydrogens is 845 g/mol. The predicted molar refractivity (Wildman–Crippen MR) is 238 cm³/mol. The summed E-state index contributed by atoms with van der Waals surface area (Å²) in [5, 5.41) is 38.8. The van der Waals surface area contributed by atoms with E-state index in [-0.39, 0.29) is 48.2 Å². The number of carbonyl (C=O) groups excluding carboxylic acids is 5. The van der Waals surface area contributed by atoms with Crippen molar-refractivity contribution in [2.45, 2.75) is 81.2 Å². The van der Waals surface area contributed by atoms with Crippen LogP contribution in [0.15, 0.2) is 48.5 Å². The number of likely N-dealkylation sites (tertiary alicyclic amines) is 2. The van der Waals surface area contributed by atoms with Gasteiger partial charge in [-0.15, -0.1) is 0 Å². The van der Waals surface area contributed by atoms with Gasteiger partial charge in [0, 0.05) is 99.1 Å². The Morgan fingerprint density at radius 2 is 1.55 bits per heavy atom. The van der Waals surface area contributed by atoms with Crippen molar-refractivity contribution in [2.75, 3.05) is 52.3 Å². The minimum atomic E-state index is -1.68. The van der Waals surface area contributed by atoms with Gasteiger partial charge in [-0.2, -0.15) is 10.2 Å². The molecule has 66 heavy (non-hydrogen) atoms. The fourth-order valence-corrected chi connectivity index (χ4v) is 8.99. The first-order valence-corrected chi connectivity index (χ1v) is 22.3. The minimum Gasteiger partial charge on any atom is -0.378 e. The second-order valence-corrected chi connectivity index (χ2v) is 17.9. The van der Waals surface area contributed by atoms with Gasteiger partial charge < -0.3 is 41.1 Å². The molecule has 3 atom stereocenters. The van der Waals surface area contributed by atoms with Crippen LogP contribution in [0.5, 0.6) is 0 Å². The molecule has 4 fully saturated rings. The van der Waals surface area contributed by atoms with Crippen LogP contribution in [-0.2, 0) is 38.5 Å². The number of carbonyl (C=O) groups is 5. The summed E-state index contributed by atoms with van der Waals surface area (Å²) in [5.74, 6) is 9.58. The van der Waals surface area contributed by atoms with Crippen molar-refractivity contribution in [1.29, 1.82) is 0 Å². The highest BCUT2D eigenvalue weighted by Crippen LogP contribution is 2.36. The van der Waals surface area contributed by atoms with Crippen molar-refractivity contribution in [1.82, 2.24) is 40.0 Å². The molecular formula is C48H52N10O8. The highest BCUT2D eigenvalue weighted by molar-refractivity contribution is 6.04. The number of nitrogens with two attached hydrogens (primary N) is 1. The highest BCUT2D eigenvalue weighted by atomic mass is 16.5. The third-order valence-electron chi connectivity index (χ3n) is 13.1. The van der Waals surface area contributed by atoms with Gasteiger partial charge in [0.15, 0.2) is 11.4 Å². The lowest BCUT2D eigenvalue weighted by molar-refractivity contribution is -0.138. The van der Waals surface area contributed by atoms with E-state index in [2.05, 4.69) is 54.5 Å². The lowest BCUT2D eigenvalue weighted by Crippen LogP contribution is -2.50. The number of benzene rings is 2. The second kappa shape index (κ2) is 17.9. The van der Waals surface area contributed by atoms with E-state index in [4.69, 9.17) is 10.5 Å². The maximum absolute atomic E-state index is 13.0. The van der Waals surface area contributed by atoms with Crippen LogP contribution in [0.2, 0.25) is 0 Å². The number of nitrogens with one attached hydrogen (secondary N) is 3. The minimum absolute atomic E-state index is 0.0170. The molecule has 10 rings (SSSR count). The van der Waals surface area contributed by atoms with E-state index >= 15 is 0 Å². The normalized spacial score (nSPS) is 23.5. The Balaban J connectivity index is 0.000000166. The molecule has 3 saturated heterocycles. The zero-order chi connectivity index (χ0) is 46.3. The lowest BCUT2D eigenvalue weighted by atomic mass is 9.90. The first-order chi connectivity index (χ1) is 31.7. The average molecular weight is 897 g/mol. The van der Waals surface area contributed by atoms with Gasteiger partial charge in [0.05, 0.1) is 36.7 Å². The maximum Gasteiger partial charge on any atom is 0.276 e. The van der Waals surface area contributed by atoms with Crippen LogP contribution < -0.4 is 16.4 Å². The van der Waals surface area contributed by atoms with Crippen molar-refractivity contribution in [3.8, 4) is 29.4 Å². The van der Waals surface area contributed by atoms with Gasteiger partial charge >= 0.3 is 0 Å². The second-order valence-electron chi connectivity index (χ2n) is 17.9. The number of aromatic amines is 1. The summed E-state index contributed by atoms with van der Waals surface area (Å²) in [7, 11) is 3.28. The molecule has 0 bridgehead atoms. The first-order valence-electron chi connectivity index (χ1n) is 22.3. The van der Waals surface area contributed by atoms with Crippen LogP contribution in [0, 0.1) is 29.6 Å². The van der Waals surface area contributed by atoms with Crippen LogP contribution >= 0.6 is 0 Å². The van der Waals surface area contributed by atoms with E-state index in [0.29, 0.717) is 65.9 Å². The van der Waals surface area contributed by atoms with Crippen LogP contribution in [0.25, 0.3) is 5.69 Å². The third-order valence-corrected chi connectivity index (χ3v) is 13.1. The number of aliphatic hydroxyl groups is 2. The molecule has 4 aromatic rings. The number of amides is 5. The summed E-state index contributed by atoms with van der Waals surface area (Å²) in [6.07, 6.45) is 5.43. The number of primary amides is 1. The van der Waals surface area contributed by atoms with Crippen molar-refractivity contribution in [3.05, 3.63) is 93.6 Å². The molecule has 1 saturated carbocycles. The Hall–Kier alpha value is -6.83. The van der Waals surface area contributed by atoms with Gasteiger partial charge in [0.1, 0.15) is 0 Å². The number of ether oxygens (including phenoxy) is 1. The monoisotopic (exact) mass is 896 g/mol. The summed E-state index contributed by atoms with van der Waals surface area (Å²) < 4.78 is 7.00. The molecule has 6 aliphatic rings. The molecule has 342 valence electrons. The predicted octanol–water partition coefficient (Wildman–Crippen LogP) is 1.18. The summed E-state index contributed by atoms with van der Waals surface area (Å²) >= 11 is 0. The van der Waals surface area contributed by atoms with Crippen LogP contribution in [0.3, 0.4) is 0 Å². The van der Waals surface area contributed by atoms with Gasteiger partial charge in [0.25, 0.3) is 23.6 Å². The first kappa shape index (κ1) is 44.4. The third kappa shape index (κ3) is 8.92. The number of nitrogens with zero attached hydrogens (tertiary/aromatic N) is 6. The van der Waals surface area contributed by atoms with E-state index in [0.717, 1.165) is 68.8 Å². The van der Waals surface area contributed by atoms with Gasteiger partial charge in [-0.25, -0.2) is 4.68 Å². The molecule has 18 nitrogen and oxygen atoms in total. The van der Waals surface area contributed by atoms with E-state index in [9.17, 15) is 34.2 Å². The lowest BCUT2D eigenvalue weighted by Gasteiger charge is -2.39. The van der Waals surface area contributed by atoms with Crippen LogP contribution in [0.1, 0.15) is 99.2 Å². The van der Waals surface area contributed by atoms with E-state index in [1.54, 1.807) is 61.2 Å². The zero-order valence-corrected chi connectivity index (χ0v) is 36.9. The SMILES string of the molecule is CN1CC[C@@](O)(C#Cc2cccc(-n3nc(C(N)=O)c4c3CCC[C@H]4NC(=O)C3CC3)c2)C1=O.CN1CC[C@@](O)(C#Cc2cccc(NC(=O)c3n[nH]c4c3CN(C3COC3)CC4)c2)C1=O. The van der Waals surface area contributed by atoms with Crippen molar-refractivity contribution in [3.63, 3.8) is 0 Å². The molecule has 2 aliphatic carbocycles. The van der Waals surface area contributed by atoms with Gasteiger partial charge in [-0.1, -0.05) is 35.8 Å². The van der Waals surface area contributed by atoms with E-state index in [1.165, 1.54) is 9.80 Å². The number of anilines is 1. The number of H-pyrrole nitrogens is 1. The molecule has 0 spiro atoms. The largest absolute Gasteiger partial charge is 0.378 e. The molecule has 2 aromatic heterocycles. The van der Waals surface area contributed by atoms with Crippen molar-refractivity contribution >= 4 is 35.2 Å². The van der Waals surface area contributed by atoms with Crippen molar-refractivity contribution < 1.29 is 38.9 Å². The summed E-state index contributed by atoms with van der Waals surface area (Å²) in [6, 6.07) is 14.4. The Kier molecular flexibility index (Phi) is 12.0. The van der Waals surface area contributed by atoms with Crippen molar-refractivity contribution in [2.24, 2.45) is 11.7 Å². The molecule has 0 radical (unpaired) electrons. The smallest absolute Gasteiger partial charge is 0.276 e. The number of aromatic nitrogens is 4. The van der Waals surface area contributed by atoms with Crippen LogP contribution in [0.4, 0.5) is 5.69 Å². The number of rotatable bonds is 7. The van der Waals surface area contributed by atoms with Gasteiger partial charge in [-0.3, -0.25) is 34.0 Å². The number of hydrogen-bond acceptors (Lipinski definition) is 11. The molecule has 0 unspecified atom stereocenters. The number of hydrogen-bond donors (Lipinski definition) is 6. The van der Waals surface area contributed by atoms with Gasteiger partial charge in [-0.05, 0) is 68.5 Å². The topological polar surface area (TPSA) is 241 Å². The van der Waals surface area contributed by atoms with Crippen LogP contribution in [-0.4, -0.2) is 139 Å². The number of fused-ring (bicyclic) bond motifs is 2. The highest BCUT2D eigenvalue weighted by Gasteiger charge is 2.43.